The molecule has 3 nitrogen and oxygen atoms in total. The average Bonchev–Trinajstić information content (AvgIpc) is 2.83. The maximum Gasteiger partial charge on any atom is 0.169 e. The lowest BCUT2D eigenvalue weighted by molar-refractivity contribution is 0.0990. The first-order valence-corrected chi connectivity index (χ1v) is 7.27. The molecule has 0 aliphatic heterocycles. The van der Waals surface area contributed by atoms with E-state index in [2.05, 4.69) is 12.0 Å². The number of nitrogens with zero attached hydrogens (tertiary/aromatic N) is 2. The van der Waals surface area contributed by atoms with Gasteiger partial charge in [-0.25, -0.2) is 0 Å². The lowest BCUT2D eigenvalue weighted by atomic mass is 10.0. The summed E-state index contributed by atoms with van der Waals surface area (Å²) in [6.45, 7) is 6.80. The SMILES string of the molecule is CCc1cc(CC(=O)c2cc(Cl)ccc2C)n(CC)n1. The summed E-state index contributed by atoms with van der Waals surface area (Å²) in [4.78, 5) is 12.5. The quantitative estimate of drug-likeness (QED) is 0.784. The van der Waals surface area contributed by atoms with Crippen molar-refractivity contribution in [2.45, 2.75) is 40.2 Å². The fourth-order valence-corrected chi connectivity index (χ4v) is 2.43. The molecule has 0 saturated carbocycles. The molecule has 0 bridgehead atoms. The number of rotatable bonds is 5. The van der Waals surface area contributed by atoms with Gasteiger partial charge in [-0.05, 0) is 44.0 Å². The van der Waals surface area contributed by atoms with E-state index in [0.717, 1.165) is 29.9 Å². The van der Waals surface area contributed by atoms with Crippen LogP contribution in [0.1, 0.15) is 41.2 Å². The van der Waals surface area contributed by atoms with Gasteiger partial charge in [-0.15, -0.1) is 0 Å². The minimum absolute atomic E-state index is 0.0854. The van der Waals surface area contributed by atoms with Crippen molar-refractivity contribution in [1.29, 1.82) is 0 Å². The maximum absolute atomic E-state index is 12.5. The Morgan fingerprint density at radius 2 is 2.05 bits per heavy atom. The summed E-state index contributed by atoms with van der Waals surface area (Å²) in [7, 11) is 0. The van der Waals surface area contributed by atoms with E-state index in [9.17, 15) is 4.79 Å². The van der Waals surface area contributed by atoms with Crippen LogP contribution in [0, 0.1) is 6.92 Å². The molecule has 1 aromatic heterocycles. The summed E-state index contributed by atoms with van der Waals surface area (Å²) in [5.74, 6) is 0.0854. The van der Waals surface area contributed by atoms with E-state index < -0.39 is 0 Å². The van der Waals surface area contributed by atoms with Crippen LogP contribution >= 0.6 is 11.6 Å². The van der Waals surface area contributed by atoms with Crippen LogP contribution in [0.15, 0.2) is 24.3 Å². The molecule has 0 N–H and O–H groups in total. The number of aromatic nitrogens is 2. The molecule has 0 aliphatic rings. The monoisotopic (exact) mass is 290 g/mol. The molecule has 1 heterocycles. The Kier molecular flexibility index (Phi) is 4.61. The summed E-state index contributed by atoms with van der Waals surface area (Å²) < 4.78 is 1.90. The lowest BCUT2D eigenvalue weighted by Crippen LogP contribution is -2.10. The molecule has 0 fully saturated rings. The smallest absolute Gasteiger partial charge is 0.169 e. The van der Waals surface area contributed by atoms with Crippen LogP contribution in [-0.2, 0) is 19.4 Å². The zero-order valence-electron chi connectivity index (χ0n) is 12.1. The second kappa shape index (κ2) is 6.23. The second-order valence-corrected chi connectivity index (χ2v) is 5.29. The van der Waals surface area contributed by atoms with Crippen LogP contribution in [0.5, 0.6) is 0 Å². The normalized spacial score (nSPS) is 10.8. The van der Waals surface area contributed by atoms with Gasteiger partial charge >= 0.3 is 0 Å². The third-order valence-electron chi connectivity index (χ3n) is 3.42. The summed E-state index contributed by atoms with van der Waals surface area (Å²) >= 11 is 5.98. The van der Waals surface area contributed by atoms with E-state index in [1.165, 1.54) is 0 Å². The molecule has 0 atom stereocenters. The van der Waals surface area contributed by atoms with Crippen LogP contribution in [0.2, 0.25) is 5.02 Å². The Bertz CT molecular complexity index is 631. The predicted octanol–water partition coefficient (Wildman–Crippen LogP) is 3.85. The standard InChI is InChI=1S/C16H19ClN2O/c1-4-13-9-14(19(5-2)18-13)10-16(20)15-8-12(17)7-6-11(15)3/h6-9H,4-5,10H2,1-3H3. The highest BCUT2D eigenvalue weighted by atomic mass is 35.5. The van der Waals surface area contributed by atoms with Gasteiger partial charge in [-0.1, -0.05) is 24.6 Å². The van der Waals surface area contributed by atoms with Crippen molar-refractivity contribution < 1.29 is 4.79 Å². The highest BCUT2D eigenvalue weighted by Crippen LogP contribution is 2.18. The summed E-state index contributed by atoms with van der Waals surface area (Å²) in [5, 5.41) is 5.07. The molecule has 2 aromatic rings. The molecule has 0 aliphatic carbocycles. The first kappa shape index (κ1) is 14.8. The molecule has 0 unspecified atom stereocenters. The van der Waals surface area contributed by atoms with Gasteiger partial charge in [0.05, 0.1) is 12.1 Å². The fraction of sp³-hybridized carbons (Fsp3) is 0.375. The van der Waals surface area contributed by atoms with Crippen molar-refractivity contribution in [2.75, 3.05) is 0 Å². The molecule has 0 radical (unpaired) electrons. The van der Waals surface area contributed by atoms with Crippen molar-refractivity contribution >= 4 is 17.4 Å². The maximum atomic E-state index is 12.5. The van der Waals surface area contributed by atoms with E-state index in [0.29, 0.717) is 17.0 Å². The van der Waals surface area contributed by atoms with Crippen molar-refractivity contribution in [1.82, 2.24) is 9.78 Å². The second-order valence-electron chi connectivity index (χ2n) is 4.86. The molecule has 0 spiro atoms. The Morgan fingerprint density at radius 3 is 2.70 bits per heavy atom. The van der Waals surface area contributed by atoms with Crippen LogP contribution in [-0.4, -0.2) is 15.6 Å². The van der Waals surface area contributed by atoms with Gasteiger partial charge in [0, 0.05) is 22.8 Å². The Hall–Kier alpha value is -1.61. The fourth-order valence-electron chi connectivity index (χ4n) is 2.26. The first-order chi connectivity index (χ1) is 9.55. The van der Waals surface area contributed by atoms with Crippen LogP contribution < -0.4 is 0 Å². The summed E-state index contributed by atoms with van der Waals surface area (Å²) in [6.07, 6.45) is 1.24. The molecule has 106 valence electrons. The zero-order chi connectivity index (χ0) is 14.7. The van der Waals surface area contributed by atoms with E-state index in [4.69, 9.17) is 11.6 Å². The third kappa shape index (κ3) is 3.10. The topological polar surface area (TPSA) is 34.9 Å². The highest BCUT2D eigenvalue weighted by molar-refractivity contribution is 6.31. The third-order valence-corrected chi connectivity index (χ3v) is 3.65. The number of ketones is 1. The number of hydrogen-bond acceptors (Lipinski definition) is 2. The number of carbonyl (C=O) groups is 1. The molecule has 20 heavy (non-hydrogen) atoms. The molecule has 1 aromatic carbocycles. The lowest BCUT2D eigenvalue weighted by Gasteiger charge is -2.07. The number of benzene rings is 1. The summed E-state index contributed by atoms with van der Waals surface area (Å²) in [6, 6.07) is 7.44. The Balaban J connectivity index is 2.27. The largest absolute Gasteiger partial charge is 0.294 e. The molecule has 2 rings (SSSR count). The molecular formula is C16H19ClN2O. The molecule has 0 saturated heterocycles. The van der Waals surface area contributed by atoms with Crippen LogP contribution in [0.25, 0.3) is 0 Å². The highest BCUT2D eigenvalue weighted by Gasteiger charge is 2.14. The van der Waals surface area contributed by atoms with E-state index >= 15 is 0 Å². The number of hydrogen-bond donors (Lipinski definition) is 0. The van der Waals surface area contributed by atoms with Crippen molar-refractivity contribution in [3.8, 4) is 0 Å². The molecular weight excluding hydrogens is 272 g/mol. The van der Waals surface area contributed by atoms with Gasteiger partial charge in [0.25, 0.3) is 0 Å². The molecule has 4 heteroatoms. The van der Waals surface area contributed by atoms with Gasteiger partial charge in [0.1, 0.15) is 0 Å². The van der Waals surface area contributed by atoms with E-state index in [1.54, 1.807) is 12.1 Å². The van der Waals surface area contributed by atoms with Crippen molar-refractivity contribution in [2.24, 2.45) is 0 Å². The van der Waals surface area contributed by atoms with Crippen LogP contribution in [0.3, 0.4) is 0 Å². The minimum atomic E-state index is 0.0854. The number of aryl methyl sites for hydroxylation is 3. The average molecular weight is 291 g/mol. The number of carbonyl (C=O) groups excluding carboxylic acids is 1. The number of Topliss-reactive ketones (excluding diaryl/α,β-unsaturated/α-hetero) is 1. The first-order valence-electron chi connectivity index (χ1n) is 6.90. The van der Waals surface area contributed by atoms with E-state index in [1.807, 2.05) is 30.7 Å². The van der Waals surface area contributed by atoms with E-state index in [-0.39, 0.29) is 5.78 Å². The zero-order valence-corrected chi connectivity index (χ0v) is 12.9. The van der Waals surface area contributed by atoms with Crippen LogP contribution in [0.4, 0.5) is 0 Å². The summed E-state index contributed by atoms with van der Waals surface area (Å²) in [5.41, 5.74) is 3.64. The molecule has 0 amide bonds. The van der Waals surface area contributed by atoms with Crippen molar-refractivity contribution in [3.63, 3.8) is 0 Å². The van der Waals surface area contributed by atoms with Crippen molar-refractivity contribution in [3.05, 3.63) is 51.8 Å². The van der Waals surface area contributed by atoms with Gasteiger partial charge in [0.2, 0.25) is 0 Å². The Morgan fingerprint density at radius 1 is 1.30 bits per heavy atom. The Labute approximate surface area is 124 Å². The number of halogens is 1. The van der Waals surface area contributed by atoms with Gasteiger partial charge in [-0.3, -0.25) is 9.48 Å². The van der Waals surface area contributed by atoms with Gasteiger partial charge in [0.15, 0.2) is 5.78 Å². The van der Waals surface area contributed by atoms with Gasteiger partial charge < -0.3 is 0 Å². The minimum Gasteiger partial charge on any atom is -0.294 e. The predicted molar refractivity (Wildman–Crippen MR) is 81.5 cm³/mol. The van der Waals surface area contributed by atoms with Gasteiger partial charge in [-0.2, -0.15) is 5.10 Å².